The van der Waals surface area contributed by atoms with Crippen LogP contribution in [0.15, 0.2) is 39.7 Å². The second kappa shape index (κ2) is 6.92. The van der Waals surface area contributed by atoms with Crippen LogP contribution >= 0.6 is 0 Å². The van der Waals surface area contributed by atoms with Gasteiger partial charge in [-0.15, -0.1) is 0 Å². The second-order valence-electron chi connectivity index (χ2n) is 8.55. The lowest BCUT2D eigenvalue weighted by atomic mass is 9.80. The Bertz CT molecular complexity index is 925. The standard InChI is InChI=1S/C22H27N3O3/c1-15(26)23-8-6-18(7-9-23)24-12-16-11-17(14-24)22-19(20-3-2-10-28-20)4-5-21(27)25(22)13-16/h2-5,10,16-18H,6-9,11-14H2,1H3/t16-,17+/m0/s1. The monoisotopic (exact) mass is 381 g/mol. The number of pyridine rings is 1. The number of hydrogen-bond donors (Lipinski definition) is 0. The number of amides is 1. The molecule has 28 heavy (non-hydrogen) atoms. The number of rotatable bonds is 2. The molecule has 6 heteroatoms. The molecule has 0 saturated carbocycles. The van der Waals surface area contributed by atoms with Crippen molar-refractivity contribution < 1.29 is 9.21 Å². The molecule has 0 aromatic carbocycles. The number of fused-ring (bicyclic) bond motifs is 4. The van der Waals surface area contributed by atoms with Gasteiger partial charge in [0.25, 0.3) is 5.56 Å². The molecular formula is C22H27N3O3. The van der Waals surface area contributed by atoms with Crippen LogP contribution in [0.3, 0.4) is 0 Å². The van der Waals surface area contributed by atoms with E-state index in [0.717, 1.165) is 69.0 Å². The first kappa shape index (κ1) is 17.7. The van der Waals surface area contributed by atoms with Gasteiger partial charge in [-0.3, -0.25) is 14.5 Å². The van der Waals surface area contributed by atoms with E-state index in [1.54, 1.807) is 19.3 Å². The number of piperidine rings is 2. The molecule has 0 N–H and O–H groups in total. The van der Waals surface area contributed by atoms with Crippen LogP contribution < -0.4 is 5.56 Å². The van der Waals surface area contributed by atoms with Crippen LogP contribution in [0.2, 0.25) is 0 Å². The van der Waals surface area contributed by atoms with Gasteiger partial charge in [-0.05, 0) is 43.4 Å². The van der Waals surface area contributed by atoms with Crippen LogP contribution in [0, 0.1) is 5.92 Å². The number of furan rings is 1. The van der Waals surface area contributed by atoms with Crippen LogP contribution in [0.1, 0.15) is 37.8 Å². The Morgan fingerprint density at radius 3 is 2.64 bits per heavy atom. The number of likely N-dealkylation sites (tertiary alicyclic amines) is 2. The van der Waals surface area contributed by atoms with E-state index < -0.39 is 0 Å². The minimum Gasteiger partial charge on any atom is -0.464 e. The summed E-state index contributed by atoms with van der Waals surface area (Å²) < 4.78 is 7.67. The summed E-state index contributed by atoms with van der Waals surface area (Å²) in [6.45, 7) is 6.22. The van der Waals surface area contributed by atoms with Gasteiger partial charge in [0.05, 0.1) is 6.26 Å². The highest BCUT2D eigenvalue weighted by Crippen LogP contribution is 2.41. The maximum Gasteiger partial charge on any atom is 0.250 e. The summed E-state index contributed by atoms with van der Waals surface area (Å²) in [5, 5.41) is 0. The smallest absolute Gasteiger partial charge is 0.250 e. The molecule has 0 spiro atoms. The van der Waals surface area contributed by atoms with Gasteiger partial charge in [-0.2, -0.15) is 0 Å². The molecule has 0 aliphatic carbocycles. The van der Waals surface area contributed by atoms with Crippen molar-refractivity contribution in [3.8, 4) is 11.3 Å². The third-order valence-electron chi connectivity index (χ3n) is 6.83. The van der Waals surface area contributed by atoms with E-state index in [4.69, 9.17) is 4.42 Å². The fourth-order valence-corrected chi connectivity index (χ4v) is 5.54. The fraction of sp³-hybridized carbons (Fsp3) is 0.545. The van der Waals surface area contributed by atoms with Gasteiger partial charge in [0.15, 0.2) is 0 Å². The molecule has 3 aliphatic heterocycles. The zero-order chi connectivity index (χ0) is 19.3. The first-order valence-electron chi connectivity index (χ1n) is 10.4. The van der Waals surface area contributed by atoms with Crippen molar-refractivity contribution in [2.45, 2.75) is 44.7 Å². The minimum absolute atomic E-state index is 0.100. The summed E-state index contributed by atoms with van der Waals surface area (Å²) >= 11 is 0. The lowest BCUT2D eigenvalue weighted by molar-refractivity contribution is -0.130. The van der Waals surface area contributed by atoms with Crippen molar-refractivity contribution in [2.24, 2.45) is 5.92 Å². The molecule has 3 aliphatic rings. The number of carbonyl (C=O) groups is 1. The predicted octanol–water partition coefficient (Wildman–Crippen LogP) is 2.54. The topological polar surface area (TPSA) is 58.7 Å². The molecule has 0 unspecified atom stereocenters. The average Bonchev–Trinajstić information content (AvgIpc) is 3.23. The van der Waals surface area contributed by atoms with E-state index in [0.29, 0.717) is 17.9 Å². The number of aromatic nitrogens is 1. The molecule has 2 aromatic rings. The van der Waals surface area contributed by atoms with Crippen molar-refractivity contribution in [3.05, 3.63) is 46.6 Å². The molecule has 1 amide bonds. The van der Waals surface area contributed by atoms with E-state index in [-0.39, 0.29) is 11.5 Å². The third kappa shape index (κ3) is 3.00. The van der Waals surface area contributed by atoms with Gasteiger partial charge in [0, 0.05) is 68.9 Å². The van der Waals surface area contributed by atoms with Gasteiger partial charge in [-0.25, -0.2) is 0 Å². The Kier molecular flexibility index (Phi) is 4.38. The highest BCUT2D eigenvalue weighted by atomic mass is 16.3. The predicted molar refractivity (Wildman–Crippen MR) is 106 cm³/mol. The van der Waals surface area contributed by atoms with Crippen LogP contribution in [0.5, 0.6) is 0 Å². The first-order chi connectivity index (χ1) is 13.6. The molecule has 0 radical (unpaired) electrons. The maximum absolute atomic E-state index is 12.6. The quantitative estimate of drug-likeness (QED) is 0.802. The Labute approximate surface area is 164 Å². The molecular weight excluding hydrogens is 354 g/mol. The molecule has 2 bridgehead atoms. The third-order valence-corrected chi connectivity index (χ3v) is 6.83. The summed E-state index contributed by atoms with van der Waals surface area (Å²) in [6.07, 6.45) is 4.93. The minimum atomic E-state index is 0.100. The van der Waals surface area contributed by atoms with Crippen molar-refractivity contribution in [1.29, 1.82) is 0 Å². The fourth-order valence-electron chi connectivity index (χ4n) is 5.54. The highest BCUT2D eigenvalue weighted by molar-refractivity contribution is 5.73. The van der Waals surface area contributed by atoms with Crippen LogP contribution in [0.4, 0.5) is 0 Å². The number of carbonyl (C=O) groups excluding carboxylic acids is 1. The summed E-state index contributed by atoms with van der Waals surface area (Å²) in [5.41, 5.74) is 2.30. The molecule has 2 atom stereocenters. The van der Waals surface area contributed by atoms with E-state index >= 15 is 0 Å². The zero-order valence-corrected chi connectivity index (χ0v) is 16.3. The van der Waals surface area contributed by atoms with Gasteiger partial charge in [0.2, 0.25) is 5.91 Å². The normalized spacial score (nSPS) is 25.5. The molecule has 2 saturated heterocycles. The summed E-state index contributed by atoms with van der Waals surface area (Å²) in [5.74, 6) is 1.90. The maximum atomic E-state index is 12.6. The van der Waals surface area contributed by atoms with Crippen molar-refractivity contribution in [3.63, 3.8) is 0 Å². The molecule has 2 fully saturated rings. The van der Waals surface area contributed by atoms with Crippen LogP contribution in [-0.2, 0) is 11.3 Å². The van der Waals surface area contributed by atoms with Crippen LogP contribution in [0.25, 0.3) is 11.3 Å². The van der Waals surface area contributed by atoms with Gasteiger partial charge in [-0.1, -0.05) is 0 Å². The average molecular weight is 381 g/mol. The molecule has 5 rings (SSSR count). The SMILES string of the molecule is CC(=O)N1CCC(N2C[C@@H]3C[C@H](C2)c2c(-c4ccco4)ccc(=O)n2C3)CC1. The molecule has 148 valence electrons. The lowest BCUT2D eigenvalue weighted by Gasteiger charge is -2.47. The van der Waals surface area contributed by atoms with Gasteiger partial charge in [0.1, 0.15) is 5.76 Å². The van der Waals surface area contributed by atoms with E-state index in [1.807, 2.05) is 27.7 Å². The Balaban J connectivity index is 1.43. The molecule has 5 heterocycles. The van der Waals surface area contributed by atoms with E-state index in [9.17, 15) is 9.59 Å². The summed E-state index contributed by atoms with van der Waals surface area (Å²) in [4.78, 5) is 28.8. The van der Waals surface area contributed by atoms with E-state index in [2.05, 4.69) is 4.90 Å². The molecule has 6 nitrogen and oxygen atoms in total. The number of nitrogens with zero attached hydrogens (tertiary/aromatic N) is 3. The van der Waals surface area contributed by atoms with Gasteiger partial charge < -0.3 is 13.9 Å². The highest BCUT2D eigenvalue weighted by Gasteiger charge is 2.39. The Morgan fingerprint density at radius 2 is 1.93 bits per heavy atom. The van der Waals surface area contributed by atoms with Gasteiger partial charge >= 0.3 is 0 Å². The zero-order valence-electron chi connectivity index (χ0n) is 16.3. The molecule has 2 aromatic heterocycles. The first-order valence-corrected chi connectivity index (χ1v) is 10.4. The van der Waals surface area contributed by atoms with Crippen molar-refractivity contribution in [2.75, 3.05) is 26.2 Å². The second-order valence-corrected chi connectivity index (χ2v) is 8.55. The Hall–Kier alpha value is -2.34. The Morgan fingerprint density at radius 1 is 1.11 bits per heavy atom. The number of hydrogen-bond acceptors (Lipinski definition) is 4. The lowest BCUT2D eigenvalue weighted by Crippen LogP contribution is -2.53. The largest absolute Gasteiger partial charge is 0.464 e. The summed E-state index contributed by atoms with van der Waals surface area (Å²) in [6, 6.07) is 8.02. The van der Waals surface area contributed by atoms with Crippen LogP contribution in [-0.4, -0.2) is 52.5 Å². The summed E-state index contributed by atoms with van der Waals surface area (Å²) in [7, 11) is 0. The van der Waals surface area contributed by atoms with Crippen molar-refractivity contribution >= 4 is 5.91 Å². The van der Waals surface area contributed by atoms with Crippen molar-refractivity contribution in [1.82, 2.24) is 14.4 Å². The van der Waals surface area contributed by atoms with E-state index in [1.165, 1.54) is 0 Å².